The highest BCUT2D eigenvalue weighted by atomic mass is 32.1. The first-order chi connectivity index (χ1) is 12.7. The Morgan fingerprint density at radius 2 is 2.31 bits per heavy atom. The highest BCUT2D eigenvalue weighted by Gasteiger charge is 2.41. The van der Waals surface area contributed by atoms with E-state index in [0.29, 0.717) is 35.8 Å². The molecule has 4 rings (SSSR count). The van der Waals surface area contributed by atoms with E-state index in [1.54, 1.807) is 16.2 Å². The largest absolute Gasteiger partial charge is 0.384 e. The number of nitrogens with one attached hydrogen (secondary N) is 1. The molecule has 0 bridgehead atoms. The highest BCUT2D eigenvalue weighted by molar-refractivity contribution is 7.12. The van der Waals surface area contributed by atoms with Gasteiger partial charge in [0.2, 0.25) is 5.95 Å². The Balaban J connectivity index is 1.95. The Hall–Kier alpha value is -2.92. The number of hydrogen-bond acceptors (Lipinski definition) is 7. The standard InChI is InChI=1S/C18H18N6OS/c1-2-10-6-7-14(26-10)15-11(8-19)17(20)24(18-21-9-22-23-18)12-4-3-5-13(25)16(12)15/h6-7,9,15H,2-5,20H2,1H3,(H,21,22,23). The monoisotopic (exact) mass is 366 g/mol. The van der Waals surface area contributed by atoms with Crippen molar-refractivity contribution in [2.24, 2.45) is 5.73 Å². The van der Waals surface area contributed by atoms with Gasteiger partial charge in [-0.15, -0.1) is 11.3 Å². The number of H-pyrrole nitrogens is 1. The van der Waals surface area contributed by atoms with Crippen LogP contribution in [-0.4, -0.2) is 21.0 Å². The number of aromatic amines is 1. The number of ketones is 1. The van der Waals surface area contributed by atoms with Gasteiger partial charge in [-0.2, -0.15) is 15.3 Å². The topological polar surface area (TPSA) is 112 Å². The maximum absolute atomic E-state index is 12.9. The fourth-order valence-electron chi connectivity index (χ4n) is 3.66. The molecule has 2 aromatic heterocycles. The van der Waals surface area contributed by atoms with Gasteiger partial charge in [-0.25, -0.2) is 5.10 Å². The third-order valence-electron chi connectivity index (χ3n) is 4.84. The van der Waals surface area contributed by atoms with E-state index in [1.807, 2.05) is 6.07 Å². The van der Waals surface area contributed by atoms with Crippen LogP contribution in [0.1, 0.15) is 41.9 Å². The quantitative estimate of drug-likeness (QED) is 0.864. The molecule has 1 unspecified atom stereocenters. The first-order valence-electron chi connectivity index (χ1n) is 8.55. The summed E-state index contributed by atoms with van der Waals surface area (Å²) in [7, 11) is 0. The molecule has 1 atom stereocenters. The first-order valence-corrected chi connectivity index (χ1v) is 9.37. The molecule has 2 aliphatic rings. The number of thiophene rings is 1. The average Bonchev–Trinajstić information content (AvgIpc) is 3.32. The molecule has 132 valence electrons. The normalized spacial score (nSPS) is 20.4. The van der Waals surface area contributed by atoms with Crippen LogP contribution in [0.2, 0.25) is 0 Å². The molecule has 0 amide bonds. The van der Waals surface area contributed by atoms with E-state index in [-0.39, 0.29) is 5.78 Å². The summed E-state index contributed by atoms with van der Waals surface area (Å²) in [5.74, 6) is 0.421. The van der Waals surface area contributed by atoms with Crippen LogP contribution in [-0.2, 0) is 11.2 Å². The molecule has 2 aromatic rings. The maximum atomic E-state index is 12.9. The van der Waals surface area contributed by atoms with Gasteiger partial charge in [0, 0.05) is 27.4 Å². The van der Waals surface area contributed by atoms with Crippen LogP contribution in [0.5, 0.6) is 0 Å². The van der Waals surface area contributed by atoms with Gasteiger partial charge in [0.25, 0.3) is 0 Å². The second-order valence-corrected chi connectivity index (χ2v) is 7.48. The Morgan fingerprint density at radius 3 is 2.96 bits per heavy atom. The van der Waals surface area contributed by atoms with Crippen molar-refractivity contribution >= 4 is 23.1 Å². The number of Topliss-reactive ketones (excluding diaryl/α,β-unsaturated/α-hetero) is 1. The number of nitrogens with zero attached hydrogens (tertiary/aromatic N) is 4. The van der Waals surface area contributed by atoms with Gasteiger partial charge in [-0.3, -0.25) is 9.69 Å². The number of allylic oxidation sites excluding steroid dienone is 3. The van der Waals surface area contributed by atoms with Gasteiger partial charge in [-0.1, -0.05) is 6.92 Å². The third kappa shape index (κ3) is 2.44. The molecule has 0 fully saturated rings. The van der Waals surface area contributed by atoms with Gasteiger partial charge in [0.05, 0.1) is 17.6 Å². The van der Waals surface area contributed by atoms with Crippen molar-refractivity contribution in [2.45, 2.75) is 38.5 Å². The van der Waals surface area contributed by atoms with Crippen molar-refractivity contribution in [3.05, 3.63) is 50.9 Å². The lowest BCUT2D eigenvalue weighted by Crippen LogP contribution is -2.39. The second kappa shape index (κ2) is 6.42. The van der Waals surface area contributed by atoms with E-state index in [9.17, 15) is 10.1 Å². The molecular formula is C18H18N6OS. The van der Waals surface area contributed by atoms with Gasteiger partial charge in [-0.05, 0) is 31.4 Å². The molecule has 7 nitrogen and oxygen atoms in total. The molecule has 0 saturated carbocycles. The predicted molar refractivity (Wildman–Crippen MR) is 98.0 cm³/mol. The maximum Gasteiger partial charge on any atom is 0.231 e. The van der Waals surface area contributed by atoms with Crippen molar-refractivity contribution in [2.75, 3.05) is 4.90 Å². The molecule has 26 heavy (non-hydrogen) atoms. The molecule has 3 heterocycles. The van der Waals surface area contributed by atoms with E-state index in [4.69, 9.17) is 5.73 Å². The summed E-state index contributed by atoms with van der Waals surface area (Å²) in [6.07, 6.45) is 4.27. The zero-order valence-electron chi connectivity index (χ0n) is 14.3. The lowest BCUT2D eigenvalue weighted by molar-refractivity contribution is -0.116. The SMILES string of the molecule is CCc1ccc(C2C(C#N)=C(N)N(c3ncn[nH]3)C3=C2C(=O)CCC3)s1. The smallest absolute Gasteiger partial charge is 0.231 e. The summed E-state index contributed by atoms with van der Waals surface area (Å²) in [6, 6.07) is 6.31. The number of aryl methyl sites for hydroxylation is 1. The molecule has 8 heteroatoms. The summed E-state index contributed by atoms with van der Waals surface area (Å²) in [5, 5.41) is 16.5. The van der Waals surface area contributed by atoms with Gasteiger partial charge in [0.1, 0.15) is 12.1 Å². The number of hydrogen-bond donors (Lipinski definition) is 2. The fraction of sp³-hybridized carbons (Fsp3) is 0.333. The summed E-state index contributed by atoms with van der Waals surface area (Å²) < 4.78 is 0. The number of carbonyl (C=O) groups is 1. The fourth-order valence-corrected chi connectivity index (χ4v) is 4.73. The Labute approximate surface area is 154 Å². The average molecular weight is 366 g/mol. The van der Waals surface area contributed by atoms with Crippen LogP contribution in [0.3, 0.4) is 0 Å². The van der Waals surface area contributed by atoms with Gasteiger partial charge < -0.3 is 5.73 Å². The van der Waals surface area contributed by atoms with Crippen LogP contribution < -0.4 is 10.6 Å². The lowest BCUT2D eigenvalue weighted by Gasteiger charge is -2.37. The summed E-state index contributed by atoms with van der Waals surface area (Å²) >= 11 is 1.64. The summed E-state index contributed by atoms with van der Waals surface area (Å²) in [5.41, 5.74) is 8.28. The zero-order valence-corrected chi connectivity index (χ0v) is 15.1. The Morgan fingerprint density at radius 1 is 1.46 bits per heavy atom. The van der Waals surface area contributed by atoms with E-state index >= 15 is 0 Å². The van der Waals surface area contributed by atoms with Crippen molar-refractivity contribution in [1.82, 2.24) is 15.2 Å². The number of carbonyl (C=O) groups excluding carboxylic acids is 1. The number of aromatic nitrogens is 3. The van der Waals surface area contributed by atoms with E-state index in [0.717, 1.165) is 23.4 Å². The summed E-state index contributed by atoms with van der Waals surface area (Å²) in [4.78, 5) is 20.9. The van der Waals surface area contributed by atoms with Crippen LogP contribution in [0.25, 0.3) is 0 Å². The first kappa shape index (κ1) is 16.5. The van der Waals surface area contributed by atoms with Crippen LogP contribution >= 0.6 is 11.3 Å². The van der Waals surface area contributed by atoms with E-state index < -0.39 is 5.92 Å². The van der Waals surface area contributed by atoms with Gasteiger partial charge in [0.15, 0.2) is 5.78 Å². The van der Waals surface area contributed by atoms with Crippen LogP contribution in [0.15, 0.2) is 41.1 Å². The minimum absolute atomic E-state index is 0.0764. The van der Waals surface area contributed by atoms with Crippen molar-refractivity contribution in [1.29, 1.82) is 5.26 Å². The number of rotatable bonds is 3. The molecule has 0 saturated heterocycles. The van der Waals surface area contributed by atoms with E-state index in [2.05, 4.69) is 34.2 Å². The highest BCUT2D eigenvalue weighted by Crippen LogP contribution is 2.47. The third-order valence-corrected chi connectivity index (χ3v) is 6.14. The van der Waals surface area contributed by atoms with Crippen molar-refractivity contribution in [3.63, 3.8) is 0 Å². The molecule has 3 N–H and O–H groups in total. The van der Waals surface area contributed by atoms with Crippen molar-refractivity contribution < 1.29 is 4.79 Å². The Kier molecular flexibility index (Phi) is 4.09. The minimum Gasteiger partial charge on any atom is -0.384 e. The molecule has 1 aliphatic heterocycles. The molecule has 1 aliphatic carbocycles. The molecular weight excluding hydrogens is 348 g/mol. The number of nitriles is 1. The van der Waals surface area contributed by atoms with Gasteiger partial charge >= 0.3 is 0 Å². The van der Waals surface area contributed by atoms with Crippen LogP contribution in [0.4, 0.5) is 5.95 Å². The molecule has 0 radical (unpaired) electrons. The molecule has 0 aromatic carbocycles. The van der Waals surface area contributed by atoms with Crippen molar-refractivity contribution in [3.8, 4) is 6.07 Å². The van der Waals surface area contributed by atoms with Crippen LogP contribution in [0, 0.1) is 11.3 Å². The minimum atomic E-state index is -0.396. The van der Waals surface area contributed by atoms with E-state index in [1.165, 1.54) is 11.2 Å². The zero-order chi connectivity index (χ0) is 18.3. The Bertz CT molecular complexity index is 962. The predicted octanol–water partition coefficient (Wildman–Crippen LogP) is 2.73. The molecule has 0 spiro atoms. The lowest BCUT2D eigenvalue weighted by atomic mass is 9.78. The second-order valence-electron chi connectivity index (χ2n) is 6.28. The number of anilines is 1. The summed E-state index contributed by atoms with van der Waals surface area (Å²) in [6.45, 7) is 2.09. The number of nitrogens with two attached hydrogens (primary N) is 1.